The minimum atomic E-state index is -0.380. The van der Waals surface area contributed by atoms with Crippen LogP contribution in [-0.2, 0) is 4.74 Å². The van der Waals surface area contributed by atoms with E-state index < -0.39 is 0 Å². The minimum Gasteiger partial charge on any atom is -0.398 e. The number of nitrogen functional groups attached to an aromatic ring is 1. The highest BCUT2D eigenvalue weighted by molar-refractivity contribution is 5.70. The van der Waals surface area contributed by atoms with E-state index in [1.165, 1.54) is 18.2 Å². The van der Waals surface area contributed by atoms with Crippen molar-refractivity contribution >= 4 is 5.69 Å². The fraction of sp³-hybridized carbons (Fsp3) is 0.385. The molecule has 1 fully saturated rings. The van der Waals surface area contributed by atoms with Crippen molar-refractivity contribution in [2.75, 3.05) is 18.9 Å². The Kier molecular flexibility index (Phi) is 3.16. The Morgan fingerprint density at radius 1 is 1.26 bits per heavy atom. The van der Waals surface area contributed by atoms with E-state index in [0.717, 1.165) is 12.8 Å². The predicted molar refractivity (Wildman–Crippen MR) is 66.9 cm³/mol. The van der Waals surface area contributed by atoms with Gasteiger partial charge in [-0.1, -0.05) is 5.16 Å². The lowest BCUT2D eigenvalue weighted by Gasteiger charge is -2.18. The van der Waals surface area contributed by atoms with Crippen LogP contribution in [0, 0.1) is 5.82 Å². The van der Waals surface area contributed by atoms with Gasteiger partial charge < -0.3 is 15.0 Å². The van der Waals surface area contributed by atoms with Crippen LogP contribution in [0.2, 0.25) is 0 Å². The lowest BCUT2D eigenvalue weighted by atomic mass is 10.00. The molecule has 2 N–H and O–H groups in total. The molecule has 0 amide bonds. The quantitative estimate of drug-likeness (QED) is 0.842. The van der Waals surface area contributed by atoms with Crippen LogP contribution in [0.3, 0.4) is 0 Å². The molecule has 0 aliphatic carbocycles. The topological polar surface area (TPSA) is 74.2 Å². The fourth-order valence-corrected chi connectivity index (χ4v) is 2.18. The highest BCUT2D eigenvalue weighted by Crippen LogP contribution is 2.29. The summed E-state index contributed by atoms with van der Waals surface area (Å²) < 4.78 is 23.7. The van der Waals surface area contributed by atoms with Crippen LogP contribution < -0.4 is 5.73 Å². The van der Waals surface area contributed by atoms with E-state index in [9.17, 15) is 4.39 Å². The first-order valence-electron chi connectivity index (χ1n) is 6.21. The Balaban J connectivity index is 1.89. The molecule has 6 heteroatoms. The normalized spacial score (nSPS) is 16.7. The molecule has 0 bridgehead atoms. The van der Waals surface area contributed by atoms with Gasteiger partial charge in [0, 0.05) is 24.8 Å². The average Bonchev–Trinajstić information content (AvgIpc) is 2.92. The van der Waals surface area contributed by atoms with Gasteiger partial charge in [-0.25, -0.2) is 4.39 Å². The van der Waals surface area contributed by atoms with E-state index in [1.54, 1.807) is 0 Å². The van der Waals surface area contributed by atoms with Gasteiger partial charge in [0.1, 0.15) is 5.82 Å². The first-order chi connectivity index (χ1) is 9.24. The number of nitrogens with zero attached hydrogens (tertiary/aromatic N) is 2. The van der Waals surface area contributed by atoms with Gasteiger partial charge in [0.2, 0.25) is 0 Å². The van der Waals surface area contributed by atoms with Crippen LogP contribution >= 0.6 is 0 Å². The molecule has 0 unspecified atom stereocenters. The zero-order valence-electron chi connectivity index (χ0n) is 10.3. The molecule has 1 aliphatic heterocycles. The van der Waals surface area contributed by atoms with E-state index in [1.807, 2.05) is 0 Å². The number of nitrogens with two attached hydrogens (primary N) is 1. The summed E-state index contributed by atoms with van der Waals surface area (Å²) in [6, 6.07) is 4.09. The number of ether oxygens (including phenoxy) is 1. The average molecular weight is 263 g/mol. The third kappa shape index (κ3) is 2.44. The maximum Gasteiger partial charge on any atom is 0.260 e. The summed E-state index contributed by atoms with van der Waals surface area (Å²) in [7, 11) is 0. The molecule has 0 radical (unpaired) electrons. The molecule has 1 aromatic carbocycles. The van der Waals surface area contributed by atoms with Gasteiger partial charge in [-0.15, -0.1) is 0 Å². The standard InChI is InChI=1S/C13H14FN3O2/c14-9-1-2-11(15)10(7-9)13-16-12(17-19-13)8-3-5-18-6-4-8/h1-2,7-8H,3-6,15H2. The van der Waals surface area contributed by atoms with Crippen LogP contribution in [-0.4, -0.2) is 23.4 Å². The maximum atomic E-state index is 13.2. The van der Waals surface area contributed by atoms with E-state index in [0.29, 0.717) is 30.3 Å². The van der Waals surface area contributed by atoms with Crippen molar-refractivity contribution in [1.82, 2.24) is 10.1 Å². The lowest BCUT2D eigenvalue weighted by Crippen LogP contribution is -2.15. The number of aromatic nitrogens is 2. The molecule has 1 aliphatic rings. The molecule has 19 heavy (non-hydrogen) atoms. The summed E-state index contributed by atoms with van der Waals surface area (Å²) in [4.78, 5) is 4.33. The number of rotatable bonds is 2. The second-order valence-corrected chi connectivity index (χ2v) is 4.58. The van der Waals surface area contributed by atoms with E-state index >= 15 is 0 Å². The van der Waals surface area contributed by atoms with Gasteiger partial charge in [0.25, 0.3) is 5.89 Å². The van der Waals surface area contributed by atoms with Gasteiger partial charge in [0.15, 0.2) is 5.82 Å². The molecule has 0 atom stereocenters. The molecule has 100 valence electrons. The van der Waals surface area contributed by atoms with Crippen LogP contribution in [0.5, 0.6) is 0 Å². The van der Waals surface area contributed by atoms with E-state index in [4.69, 9.17) is 15.0 Å². The summed E-state index contributed by atoms with van der Waals surface area (Å²) in [5.41, 5.74) is 6.65. The molecule has 3 rings (SSSR count). The number of anilines is 1. The summed E-state index contributed by atoms with van der Waals surface area (Å²) in [6.45, 7) is 1.41. The fourth-order valence-electron chi connectivity index (χ4n) is 2.18. The van der Waals surface area contributed by atoms with Gasteiger partial charge in [-0.05, 0) is 31.0 Å². The first kappa shape index (κ1) is 12.1. The Morgan fingerprint density at radius 2 is 2.05 bits per heavy atom. The van der Waals surface area contributed by atoms with Gasteiger partial charge in [-0.3, -0.25) is 0 Å². The SMILES string of the molecule is Nc1ccc(F)cc1-c1nc(C2CCOCC2)no1. The van der Waals surface area contributed by atoms with Gasteiger partial charge >= 0.3 is 0 Å². The third-order valence-electron chi connectivity index (χ3n) is 3.27. The zero-order valence-corrected chi connectivity index (χ0v) is 10.3. The third-order valence-corrected chi connectivity index (χ3v) is 3.27. The summed E-state index contributed by atoms with van der Waals surface area (Å²) >= 11 is 0. The molecule has 5 nitrogen and oxygen atoms in total. The highest BCUT2D eigenvalue weighted by Gasteiger charge is 2.22. The Labute approximate surface area is 109 Å². The number of hydrogen-bond donors (Lipinski definition) is 1. The molecule has 1 saturated heterocycles. The summed E-state index contributed by atoms with van der Waals surface area (Å²) in [5, 5.41) is 3.97. The van der Waals surface area contributed by atoms with E-state index in [-0.39, 0.29) is 17.6 Å². The monoisotopic (exact) mass is 263 g/mol. The van der Waals surface area contributed by atoms with Crippen molar-refractivity contribution in [3.8, 4) is 11.5 Å². The van der Waals surface area contributed by atoms with Crippen molar-refractivity contribution in [1.29, 1.82) is 0 Å². The largest absolute Gasteiger partial charge is 0.398 e. The highest BCUT2D eigenvalue weighted by atomic mass is 19.1. The second-order valence-electron chi connectivity index (χ2n) is 4.58. The minimum absolute atomic E-state index is 0.237. The van der Waals surface area contributed by atoms with Crippen molar-refractivity contribution in [2.45, 2.75) is 18.8 Å². The molecule has 0 saturated carbocycles. The van der Waals surface area contributed by atoms with Crippen molar-refractivity contribution in [3.63, 3.8) is 0 Å². The number of benzene rings is 1. The van der Waals surface area contributed by atoms with Crippen LogP contribution in [0.4, 0.5) is 10.1 Å². The molecule has 0 spiro atoms. The number of hydrogen-bond acceptors (Lipinski definition) is 5. The number of halogens is 1. The Bertz CT molecular complexity index is 579. The Hall–Kier alpha value is -1.95. The molecular formula is C13H14FN3O2. The smallest absolute Gasteiger partial charge is 0.260 e. The predicted octanol–water partition coefficient (Wildman–Crippen LogP) is 2.35. The van der Waals surface area contributed by atoms with Crippen LogP contribution in [0.15, 0.2) is 22.7 Å². The van der Waals surface area contributed by atoms with Crippen LogP contribution in [0.1, 0.15) is 24.6 Å². The van der Waals surface area contributed by atoms with Crippen LogP contribution in [0.25, 0.3) is 11.5 Å². The van der Waals surface area contributed by atoms with Crippen molar-refractivity contribution < 1.29 is 13.7 Å². The molecule has 1 aromatic heterocycles. The maximum absolute atomic E-state index is 13.2. The Morgan fingerprint density at radius 3 is 2.84 bits per heavy atom. The van der Waals surface area contributed by atoms with E-state index in [2.05, 4.69) is 10.1 Å². The van der Waals surface area contributed by atoms with Crippen molar-refractivity contribution in [2.24, 2.45) is 0 Å². The summed E-state index contributed by atoms with van der Waals surface area (Å²) in [6.07, 6.45) is 1.75. The second kappa shape index (κ2) is 4.97. The zero-order chi connectivity index (χ0) is 13.2. The lowest BCUT2D eigenvalue weighted by molar-refractivity contribution is 0.0830. The van der Waals surface area contributed by atoms with Crippen molar-refractivity contribution in [3.05, 3.63) is 29.8 Å². The summed E-state index contributed by atoms with van der Waals surface area (Å²) in [5.74, 6) is 0.761. The molecule has 2 aromatic rings. The van der Waals surface area contributed by atoms with Gasteiger partial charge in [0.05, 0.1) is 5.56 Å². The molecular weight excluding hydrogens is 249 g/mol. The first-order valence-corrected chi connectivity index (χ1v) is 6.21. The molecule has 2 heterocycles. The van der Waals surface area contributed by atoms with Gasteiger partial charge in [-0.2, -0.15) is 4.98 Å².